The number of para-hydroxylation sites is 2. The van der Waals surface area contributed by atoms with Crippen LogP contribution in [0.4, 0.5) is 0 Å². The largest absolute Gasteiger partial charge is 0.496 e. The highest BCUT2D eigenvalue weighted by Gasteiger charge is 2.14. The summed E-state index contributed by atoms with van der Waals surface area (Å²) in [5, 5.41) is 4.86. The summed E-state index contributed by atoms with van der Waals surface area (Å²) in [5.41, 5.74) is 6.29. The first-order chi connectivity index (χ1) is 17.1. The molecule has 0 radical (unpaired) electrons. The molecule has 0 spiro atoms. The third-order valence-corrected chi connectivity index (χ3v) is 6.24. The minimum Gasteiger partial charge on any atom is -0.496 e. The van der Waals surface area contributed by atoms with Crippen LogP contribution in [-0.4, -0.2) is 48.8 Å². The molecule has 0 saturated carbocycles. The average Bonchev–Trinajstić information content (AvgIpc) is 3.24. The molecular formula is C26H26N4O4S. The molecule has 0 bridgehead atoms. The monoisotopic (exact) mass is 490 g/mol. The third-order valence-electron chi connectivity index (χ3n) is 5.26. The zero-order chi connectivity index (χ0) is 24.6. The Bertz CT molecular complexity index is 1340. The number of rotatable bonds is 10. The molecule has 180 valence electrons. The Morgan fingerprint density at radius 3 is 2.40 bits per heavy atom. The van der Waals surface area contributed by atoms with Crippen LogP contribution in [0, 0.1) is 0 Å². The molecule has 1 amide bonds. The van der Waals surface area contributed by atoms with Crippen molar-refractivity contribution in [1.29, 1.82) is 0 Å². The number of nitrogens with zero attached hydrogens (tertiary/aromatic N) is 3. The van der Waals surface area contributed by atoms with E-state index in [1.54, 1.807) is 33.5 Å². The second-order valence-electron chi connectivity index (χ2n) is 7.49. The molecule has 0 unspecified atom stereocenters. The molecule has 0 saturated heterocycles. The van der Waals surface area contributed by atoms with E-state index >= 15 is 0 Å². The van der Waals surface area contributed by atoms with Crippen molar-refractivity contribution in [3.63, 3.8) is 0 Å². The fourth-order valence-electron chi connectivity index (χ4n) is 3.57. The lowest BCUT2D eigenvalue weighted by Gasteiger charge is -2.11. The molecule has 0 atom stereocenters. The Labute approximate surface area is 207 Å². The van der Waals surface area contributed by atoms with E-state index in [1.807, 2.05) is 42.5 Å². The molecule has 4 aromatic rings. The number of carbonyl (C=O) groups excluding carboxylic acids is 1. The van der Waals surface area contributed by atoms with E-state index in [9.17, 15) is 4.79 Å². The fourth-order valence-corrected chi connectivity index (χ4v) is 4.38. The molecule has 0 aliphatic carbocycles. The van der Waals surface area contributed by atoms with Crippen LogP contribution >= 0.6 is 11.8 Å². The number of hydrogen-bond donors (Lipinski definition) is 1. The van der Waals surface area contributed by atoms with Crippen molar-refractivity contribution >= 4 is 34.9 Å². The summed E-state index contributed by atoms with van der Waals surface area (Å²) >= 11 is 1.37. The Morgan fingerprint density at radius 2 is 1.66 bits per heavy atom. The average molecular weight is 491 g/mol. The second-order valence-corrected chi connectivity index (χ2v) is 8.43. The quantitative estimate of drug-likeness (QED) is 0.202. The third kappa shape index (κ3) is 5.75. The van der Waals surface area contributed by atoms with Crippen molar-refractivity contribution in [3.8, 4) is 17.2 Å². The summed E-state index contributed by atoms with van der Waals surface area (Å²) in [5.74, 6) is 1.54. The van der Waals surface area contributed by atoms with Crippen molar-refractivity contribution in [1.82, 2.24) is 15.0 Å². The maximum absolute atomic E-state index is 12.5. The normalized spacial score (nSPS) is 11.1. The number of fused-ring (bicyclic) bond motifs is 1. The van der Waals surface area contributed by atoms with Crippen molar-refractivity contribution in [2.45, 2.75) is 11.7 Å². The lowest BCUT2D eigenvalue weighted by molar-refractivity contribution is -0.118. The van der Waals surface area contributed by atoms with E-state index in [2.05, 4.69) is 27.2 Å². The number of thioether (sulfide) groups is 1. The molecule has 35 heavy (non-hydrogen) atoms. The van der Waals surface area contributed by atoms with E-state index in [4.69, 9.17) is 19.2 Å². The van der Waals surface area contributed by atoms with Gasteiger partial charge in [-0.25, -0.2) is 10.4 Å². The van der Waals surface area contributed by atoms with Crippen LogP contribution in [-0.2, 0) is 11.3 Å². The second kappa shape index (κ2) is 11.4. The van der Waals surface area contributed by atoms with Gasteiger partial charge in [0, 0.05) is 11.6 Å². The zero-order valence-corrected chi connectivity index (χ0v) is 20.5. The van der Waals surface area contributed by atoms with Gasteiger partial charge in [-0.15, -0.1) is 0 Å². The van der Waals surface area contributed by atoms with Crippen molar-refractivity contribution in [2.75, 3.05) is 27.1 Å². The summed E-state index contributed by atoms with van der Waals surface area (Å²) < 4.78 is 18.1. The number of amides is 1. The predicted molar refractivity (Wildman–Crippen MR) is 138 cm³/mol. The lowest BCUT2D eigenvalue weighted by atomic mass is 10.2. The molecule has 1 N–H and O–H groups in total. The Kier molecular flexibility index (Phi) is 7.89. The minimum absolute atomic E-state index is 0.165. The van der Waals surface area contributed by atoms with Crippen LogP contribution in [0.3, 0.4) is 0 Å². The molecule has 3 aromatic carbocycles. The maximum Gasteiger partial charge on any atom is 0.250 e. The molecule has 0 aliphatic rings. The van der Waals surface area contributed by atoms with Gasteiger partial charge in [0.2, 0.25) is 0 Å². The molecule has 1 heterocycles. The topological polar surface area (TPSA) is 87.0 Å². The molecule has 9 heteroatoms. The number of benzene rings is 3. The zero-order valence-electron chi connectivity index (χ0n) is 19.7. The molecule has 4 rings (SSSR count). The summed E-state index contributed by atoms with van der Waals surface area (Å²) in [7, 11) is 4.65. The number of methoxy groups -OCH3 is 3. The van der Waals surface area contributed by atoms with Gasteiger partial charge < -0.3 is 18.8 Å². The highest BCUT2D eigenvalue weighted by atomic mass is 32.2. The van der Waals surface area contributed by atoms with Crippen LogP contribution in [0.2, 0.25) is 0 Å². The number of hydrogen-bond acceptors (Lipinski definition) is 7. The summed E-state index contributed by atoms with van der Waals surface area (Å²) in [6.07, 6.45) is 1.51. The van der Waals surface area contributed by atoms with Gasteiger partial charge in [-0.3, -0.25) is 4.79 Å². The number of hydrazone groups is 1. The van der Waals surface area contributed by atoms with Crippen LogP contribution < -0.4 is 19.6 Å². The Balaban J connectivity index is 1.44. The van der Waals surface area contributed by atoms with Gasteiger partial charge in [-0.2, -0.15) is 5.10 Å². The number of imidazole rings is 1. The number of nitrogens with one attached hydrogen (secondary N) is 1. The van der Waals surface area contributed by atoms with Crippen LogP contribution in [0.5, 0.6) is 17.2 Å². The SMILES string of the molecule is COc1cc(OC)c(OC)cc1/C=N\NC(=O)CSc1nc2ccccc2n1Cc1ccccc1. The molecule has 8 nitrogen and oxygen atoms in total. The Morgan fingerprint density at radius 1 is 0.971 bits per heavy atom. The van der Waals surface area contributed by atoms with Crippen molar-refractivity contribution in [3.05, 3.63) is 77.9 Å². The van der Waals surface area contributed by atoms with Gasteiger partial charge in [0.1, 0.15) is 5.75 Å². The van der Waals surface area contributed by atoms with E-state index < -0.39 is 0 Å². The van der Waals surface area contributed by atoms with Gasteiger partial charge in [0.25, 0.3) is 5.91 Å². The van der Waals surface area contributed by atoms with Gasteiger partial charge in [0.15, 0.2) is 16.7 Å². The number of carbonyl (C=O) groups is 1. The minimum atomic E-state index is -0.246. The highest BCUT2D eigenvalue weighted by molar-refractivity contribution is 7.99. The van der Waals surface area contributed by atoms with Crippen molar-refractivity contribution in [2.24, 2.45) is 5.10 Å². The van der Waals surface area contributed by atoms with E-state index in [-0.39, 0.29) is 11.7 Å². The van der Waals surface area contributed by atoms with Crippen molar-refractivity contribution < 1.29 is 19.0 Å². The van der Waals surface area contributed by atoms with Gasteiger partial charge in [0.05, 0.1) is 50.9 Å². The fraction of sp³-hybridized carbons (Fsp3) is 0.192. The number of ether oxygens (including phenoxy) is 3. The first-order valence-electron chi connectivity index (χ1n) is 10.9. The van der Waals surface area contributed by atoms with Crippen LogP contribution in [0.25, 0.3) is 11.0 Å². The standard InChI is InChI=1S/C26H26N4O4S/c1-32-22-14-24(34-3)23(33-2)13-19(22)15-27-29-25(31)17-35-26-28-20-11-7-8-12-21(20)30(26)16-18-9-5-4-6-10-18/h4-15H,16-17H2,1-3H3,(H,29,31)/b27-15-. The number of aromatic nitrogens is 2. The smallest absolute Gasteiger partial charge is 0.250 e. The van der Waals surface area contributed by atoms with Gasteiger partial charge in [-0.05, 0) is 23.8 Å². The van der Waals surface area contributed by atoms with Gasteiger partial charge in [-0.1, -0.05) is 54.2 Å². The molecule has 0 aliphatic heterocycles. The van der Waals surface area contributed by atoms with E-state index in [0.717, 1.165) is 21.8 Å². The molecule has 1 aromatic heterocycles. The van der Waals surface area contributed by atoms with Crippen LogP contribution in [0.1, 0.15) is 11.1 Å². The predicted octanol–water partition coefficient (Wildman–Crippen LogP) is 4.35. The highest BCUT2D eigenvalue weighted by Crippen LogP contribution is 2.33. The summed E-state index contributed by atoms with van der Waals surface area (Å²) in [6.45, 7) is 0.669. The molecule has 0 fully saturated rings. The first-order valence-corrected chi connectivity index (χ1v) is 11.9. The van der Waals surface area contributed by atoms with Crippen LogP contribution in [0.15, 0.2) is 77.0 Å². The summed E-state index contributed by atoms with van der Waals surface area (Å²) in [6, 6.07) is 21.6. The van der Waals surface area contributed by atoms with E-state index in [0.29, 0.717) is 29.4 Å². The van der Waals surface area contributed by atoms with E-state index in [1.165, 1.54) is 18.0 Å². The lowest BCUT2D eigenvalue weighted by Crippen LogP contribution is -2.20. The van der Waals surface area contributed by atoms with Gasteiger partial charge >= 0.3 is 0 Å². The maximum atomic E-state index is 12.5. The first kappa shape index (κ1) is 24.2. The Hall–Kier alpha value is -3.98. The summed E-state index contributed by atoms with van der Waals surface area (Å²) in [4.78, 5) is 17.2. The molecular weight excluding hydrogens is 464 g/mol.